The van der Waals surface area contributed by atoms with Gasteiger partial charge in [-0.15, -0.1) is 0 Å². The predicted molar refractivity (Wildman–Crippen MR) is 120 cm³/mol. The number of unbranched alkanes of at least 4 members (excludes halogenated alkanes) is 5. The lowest BCUT2D eigenvalue weighted by atomic mass is 10.0. The topological polar surface area (TPSA) is 12.0 Å². The Balaban J connectivity index is 0.000000488. The average molecular weight is 360 g/mol. The van der Waals surface area contributed by atoms with Gasteiger partial charge in [0, 0.05) is 12.2 Å². The summed E-state index contributed by atoms with van der Waals surface area (Å²) < 4.78 is 0. The van der Waals surface area contributed by atoms with E-state index in [1.54, 1.807) is 0 Å². The maximum absolute atomic E-state index is 4.11. The molecule has 0 bridgehead atoms. The molecule has 0 radical (unpaired) electrons. The van der Waals surface area contributed by atoms with E-state index >= 15 is 0 Å². The first-order valence-electron chi connectivity index (χ1n) is 11.0. The first-order chi connectivity index (χ1) is 12.7. The summed E-state index contributed by atoms with van der Waals surface area (Å²) in [7, 11) is 0. The van der Waals surface area contributed by atoms with Crippen LogP contribution in [0.25, 0.3) is 0 Å². The highest BCUT2D eigenvalue weighted by Crippen LogP contribution is 2.30. The fraction of sp³-hybridized carbons (Fsp3) is 0.680. The van der Waals surface area contributed by atoms with E-state index in [-0.39, 0.29) is 0 Å². The molecule has 0 heterocycles. The van der Waals surface area contributed by atoms with Crippen molar-refractivity contribution in [1.82, 2.24) is 5.32 Å². The third kappa shape index (κ3) is 15.0. The van der Waals surface area contributed by atoms with Crippen LogP contribution >= 0.6 is 0 Å². The van der Waals surface area contributed by atoms with E-state index in [4.69, 9.17) is 0 Å². The summed E-state index contributed by atoms with van der Waals surface area (Å²) in [5.41, 5.74) is 2.64. The highest BCUT2D eigenvalue weighted by Gasteiger charge is 2.15. The van der Waals surface area contributed by atoms with Gasteiger partial charge in [-0.25, -0.2) is 0 Å². The lowest BCUT2D eigenvalue weighted by Gasteiger charge is -2.06. The van der Waals surface area contributed by atoms with E-state index < -0.39 is 0 Å². The zero-order valence-electron chi connectivity index (χ0n) is 18.0. The van der Waals surface area contributed by atoms with Gasteiger partial charge in [0.1, 0.15) is 0 Å². The van der Waals surface area contributed by atoms with Gasteiger partial charge in [-0.05, 0) is 70.6 Å². The molecule has 0 saturated heterocycles. The molecule has 1 rings (SSSR count). The first kappa shape index (κ1) is 24.8. The smallest absolute Gasteiger partial charge is 0.0141 e. The van der Waals surface area contributed by atoms with Crippen LogP contribution < -0.4 is 5.32 Å². The number of nitrogens with one attached hydrogen (secondary N) is 1. The molecule has 1 unspecified atom stereocenters. The van der Waals surface area contributed by atoms with Crippen LogP contribution in [0.4, 0.5) is 0 Å². The second-order valence-electron chi connectivity index (χ2n) is 7.43. The minimum atomic E-state index is 0.709. The molecule has 0 aromatic rings. The fourth-order valence-electron chi connectivity index (χ4n) is 3.11. The van der Waals surface area contributed by atoms with Crippen molar-refractivity contribution in [2.24, 2.45) is 5.92 Å². The molecule has 1 aliphatic rings. The third-order valence-electron chi connectivity index (χ3n) is 4.84. The number of hydrogen-bond donors (Lipinski definition) is 1. The summed E-state index contributed by atoms with van der Waals surface area (Å²) in [6, 6.07) is 0. The summed E-state index contributed by atoms with van der Waals surface area (Å²) in [6.07, 6.45) is 24.4. The standard InChI is InChI=1S/C14H24.C11H21N/c1-3-4-5-6-7-8-11-14-12-9-10-13(14)2;1-4-6-7-8-9-11(3)12-10-5-2/h8,11,14H,2-7,9-10,12H2,1H3;4,6,12H,3,5,7-10H2,1-2H3/b11-8+;6-4-. The maximum Gasteiger partial charge on any atom is 0.0141 e. The average Bonchev–Trinajstić information content (AvgIpc) is 3.05. The van der Waals surface area contributed by atoms with E-state index in [9.17, 15) is 0 Å². The highest BCUT2D eigenvalue weighted by molar-refractivity contribution is 5.13. The first-order valence-corrected chi connectivity index (χ1v) is 11.0. The normalized spacial score (nSPS) is 16.9. The molecule has 1 N–H and O–H groups in total. The molecule has 1 nitrogen and oxygen atoms in total. The summed E-state index contributed by atoms with van der Waals surface area (Å²) in [5, 5.41) is 3.29. The Kier molecular flexibility index (Phi) is 17.7. The molecule has 0 aliphatic heterocycles. The van der Waals surface area contributed by atoms with E-state index in [0.29, 0.717) is 5.92 Å². The van der Waals surface area contributed by atoms with Gasteiger partial charge in [0.05, 0.1) is 0 Å². The Bertz CT molecular complexity index is 402. The molecular formula is C25H45N. The van der Waals surface area contributed by atoms with Crippen LogP contribution in [0.2, 0.25) is 0 Å². The van der Waals surface area contributed by atoms with Gasteiger partial charge in [0.15, 0.2) is 0 Å². The molecule has 1 saturated carbocycles. The van der Waals surface area contributed by atoms with E-state index in [0.717, 1.165) is 13.0 Å². The molecule has 0 amide bonds. The van der Waals surface area contributed by atoms with Crippen LogP contribution in [0.5, 0.6) is 0 Å². The Hall–Kier alpha value is -1.24. The largest absolute Gasteiger partial charge is 0.389 e. The molecule has 150 valence electrons. The van der Waals surface area contributed by atoms with Gasteiger partial charge in [-0.1, -0.05) is 76.1 Å². The summed E-state index contributed by atoms with van der Waals surface area (Å²) >= 11 is 0. The maximum atomic E-state index is 4.11. The van der Waals surface area contributed by atoms with Crippen molar-refractivity contribution in [2.75, 3.05) is 6.54 Å². The summed E-state index contributed by atoms with van der Waals surface area (Å²) in [4.78, 5) is 0. The van der Waals surface area contributed by atoms with Crippen molar-refractivity contribution in [3.63, 3.8) is 0 Å². The van der Waals surface area contributed by atoms with Crippen LogP contribution in [0.3, 0.4) is 0 Å². The Morgan fingerprint density at radius 3 is 2.46 bits per heavy atom. The van der Waals surface area contributed by atoms with Gasteiger partial charge in [-0.3, -0.25) is 0 Å². The SMILES string of the molecule is C=C(CCC/C=C\C)NCCC.C=C1CCCC1/C=C/CCCCCC. The lowest BCUT2D eigenvalue weighted by molar-refractivity contribution is 0.671. The van der Waals surface area contributed by atoms with Crippen LogP contribution in [0.1, 0.15) is 97.8 Å². The quantitative estimate of drug-likeness (QED) is 0.258. The molecule has 1 heteroatoms. The zero-order valence-corrected chi connectivity index (χ0v) is 18.0. The molecule has 0 aromatic heterocycles. The van der Waals surface area contributed by atoms with Crippen molar-refractivity contribution in [3.8, 4) is 0 Å². The molecule has 1 fully saturated rings. The molecule has 1 atom stereocenters. The van der Waals surface area contributed by atoms with Crippen molar-refractivity contribution >= 4 is 0 Å². The fourth-order valence-corrected chi connectivity index (χ4v) is 3.11. The van der Waals surface area contributed by atoms with Crippen molar-refractivity contribution in [1.29, 1.82) is 0 Å². The van der Waals surface area contributed by atoms with Crippen molar-refractivity contribution in [2.45, 2.75) is 97.8 Å². The zero-order chi connectivity index (χ0) is 19.5. The van der Waals surface area contributed by atoms with Gasteiger partial charge < -0.3 is 5.32 Å². The van der Waals surface area contributed by atoms with Crippen LogP contribution in [0, 0.1) is 5.92 Å². The van der Waals surface area contributed by atoms with Crippen LogP contribution in [-0.2, 0) is 0 Å². The molecular weight excluding hydrogens is 314 g/mol. The van der Waals surface area contributed by atoms with Crippen molar-refractivity contribution < 1.29 is 0 Å². The van der Waals surface area contributed by atoms with Crippen LogP contribution in [0.15, 0.2) is 48.7 Å². The highest BCUT2D eigenvalue weighted by atomic mass is 14.9. The third-order valence-corrected chi connectivity index (χ3v) is 4.84. The predicted octanol–water partition coefficient (Wildman–Crippen LogP) is 8.12. The summed E-state index contributed by atoms with van der Waals surface area (Å²) in [5.74, 6) is 0.709. The molecule has 0 aromatic carbocycles. The second-order valence-corrected chi connectivity index (χ2v) is 7.43. The second kappa shape index (κ2) is 18.5. The van der Waals surface area contributed by atoms with Gasteiger partial charge in [0.25, 0.3) is 0 Å². The summed E-state index contributed by atoms with van der Waals surface area (Å²) in [6.45, 7) is 15.6. The van der Waals surface area contributed by atoms with E-state index in [1.807, 2.05) is 0 Å². The van der Waals surface area contributed by atoms with Gasteiger partial charge in [0.2, 0.25) is 0 Å². The monoisotopic (exact) mass is 359 g/mol. The lowest BCUT2D eigenvalue weighted by Crippen LogP contribution is -2.12. The number of rotatable bonds is 13. The van der Waals surface area contributed by atoms with Gasteiger partial charge in [-0.2, -0.15) is 0 Å². The molecule has 26 heavy (non-hydrogen) atoms. The molecule has 1 aliphatic carbocycles. The van der Waals surface area contributed by atoms with E-state index in [1.165, 1.54) is 81.9 Å². The van der Waals surface area contributed by atoms with Crippen LogP contribution in [-0.4, -0.2) is 6.54 Å². The van der Waals surface area contributed by atoms with E-state index in [2.05, 4.69) is 63.5 Å². The Labute approximate surface area is 164 Å². The Morgan fingerprint density at radius 1 is 1.08 bits per heavy atom. The minimum absolute atomic E-state index is 0.709. The number of allylic oxidation sites excluding steroid dienone is 6. The number of hydrogen-bond acceptors (Lipinski definition) is 1. The van der Waals surface area contributed by atoms with Gasteiger partial charge >= 0.3 is 0 Å². The molecule has 0 spiro atoms. The minimum Gasteiger partial charge on any atom is -0.389 e. The van der Waals surface area contributed by atoms with Crippen molar-refractivity contribution in [3.05, 3.63) is 48.7 Å². The Morgan fingerprint density at radius 2 is 1.85 bits per heavy atom.